The number of aromatic amines is 1. The minimum Gasteiger partial charge on any atom is -0.497 e. The van der Waals surface area contributed by atoms with Crippen molar-refractivity contribution in [2.45, 2.75) is 6.61 Å². The van der Waals surface area contributed by atoms with E-state index in [1.807, 2.05) is 36.4 Å². The van der Waals surface area contributed by atoms with E-state index in [-0.39, 0.29) is 0 Å². The predicted octanol–water partition coefficient (Wildman–Crippen LogP) is 5.42. The molecule has 0 saturated heterocycles. The molecule has 0 fully saturated rings. The molecule has 0 radical (unpaired) electrons. The summed E-state index contributed by atoms with van der Waals surface area (Å²) in [5.74, 6) is 1.73. The van der Waals surface area contributed by atoms with Crippen LogP contribution in [0.4, 0.5) is 0 Å². The SMILES string of the molecule is COc1ccc(-c2cc3cc(OCc4ccccc4)ccc3[nH]2)cc1. The molecule has 0 amide bonds. The number of H-pyrrole nitrogens is 1. The van der Waals surface area contributed by atoms with Crippen molar-refractivity contribution in [3.8, 4) is 22.8 Å². The molecule has 0 atom stereocenters. The van der Waals surface area contributed by atoms with Gasteiger partial charge in [0.05, 0.1) is 7.11 Å². The Morgan fingerprint density at radius 2 is 1.56 bits per heavy atom. The Morgan fingerprint density at radius 3 is 2.32 bits per heavy atom. The highest BCUT2D eigenvalue weighted by atomic mass is 16.5. The van der Waals surface area contributed by atoms with Crippen LogP contribution >= 0.6 is 0 Å². The Morgan fingerprint density at radius 1 is 0.800 bits per heavy atom. The van der Waals surface area contributed by atoms with Gasteiger partial charge in [-0.2, -0.15) is 0 Å². The molecule has 4 aromatic rings. The van der Waals surface area contributed by atoms with Gasteiger partial charge in [-0.05, 0) is 59.7 Å². The van der Waals surface area contributed by atoms with E-state index >= 15 is 0 Å². The van der Waals surface area contributed by atoms with Crippen LogP contribution in [0.5, 0.6) is 11.5 Å². The molecule has 25 heavy (non-hydrogen) atoms. The Bertz CT molecular complexity index is 972. The molecule has 3 nitrogen and oxygen atoms in total. The Hall–Kier alpha value is -3.20. The lowest BCUT2D eigenvalue weighted by molar-refractivity contribution is 0.306. The summed E-state index contributed by atoms with van der Waals surface area (Å²) in [6.07, 6.45) is 0. The second kappa shape index (κ2) is 6.73. The molecule has 0 aliphatic rings. The molecule has 3 heteroatoms. The molecular formula is C22H19NO2. The van der Waals surface area contributed by atoms with Crippen LogP contribution in [0.15, 0.2) is 78.9 Å². The van der Waals surface area contributed by atoms with Crippen LogP contribution in [0.2, 0.25) is 0 Å². The van der Waals surface area contributed by atoms with Crippen molar-refractivity contribution in [2.24, 2.45) is 0 Å². The third-order valence-corrected chi connectivity index (χ3v) is 4.24. The van der Waals surface area contributed by atoms with E-state index in [0.717, 1.165) is 39.2 Å². The fraction of sp³-hybridized carbons (Fsp3) is 0.0909. The first kappa shape index (κ1) is 15.3. The first-order valence-corrected chi connectivity index (χ1v) is 8.26. The van der Waals surface area contributed by atoms with Crippen molar-refractivity contribution < 1.29 is 9.47 Å². The third-order valence-electron chi connectivity index (χ3n) is 4.24. The van der Waals surface area contributed by atoms with Crippen molar-refractivity contribution in [2.75, 3.05) is 7.11 Å². The highest BCUT2D eigenvalue weighted by molar-refractivity contribution is 5.87. The van der Waals surface area contributed by atoms with E-state index in [9.17, 15) is 0 Å². The summed E-state index contributed by atoms with van der Waals surface area (Å²) < 4.78 is 11.1. The molecule has 0 bridgehead atoms. The second-order valence-corrected chi connectivity index (χ2v) is 5.93. The summed E-state index contributed by atoms with van der Waals surface area (Å²) in [5.41, 5.74) is 4.47. The molecular weight excluding hydrogens is 310 g/mol. The number of ether oxygens (including phenoxy) is 2. The lowest BCUT2D eigenvalue weighted by atomic mass is 10.1. The van der Waals surface area contributed by atoms with E-state index in [1.54, 1.807) is 7.11 Å². The molecule has 0 spiro atoms. The van der Waals surface area contributed by atoms with E-state index in [1.165, 1.54) is 0 Å². The normalized spacial score (nSPS) is 10.8. The molecule has 4 rings (SSSR count). The van der Waals surface area contributed by atoms with Crippen LogP contribution in [0, 0.1) is 0 Å². The Kier molecular flexibility index (Phi) is 4.13. The summed E-state index contributed by atoms with van der Waals surface area (Å²) in [7, 11) is 1.68. The van der Waals surface area contributed by atoms with Crippen LogP contribution in [0.1, 0.15) is 5.56 Å². The van der Waals surface area contributed by atoms with Gasteiger partial charge < -0.3 is 14.5 Å². The quantitative estimate of drug-likeness (QED) is 0.530. The van der Waals surface area contributed by atoms with Gasteiger partial charge in [-0.1, -0.05) is 30.3 Å². The molecule has 1 aromatic heterocycles. The fourth-order valence-electron chi connectivity index (χ4n) is 2.87. The summed E-state index contributed by atoms with van der Waals surface area (Å²) >= 11 is 0. The van der Waals surface area contributed by atoms with Crippen molar-refractivity contribution >= 4 is 10.9 Å². The highest BCUT2D eigenvalue weighted by Gasteiger charge is 2.05. The minimum atomic E-state index is 0.572. The van der Waals surface area contributed by atoms with Crippen molar-refractivity contribution in [1.29, 1.82) is 0 Å². The molecule has 124 valence electrons. The lowest BCUT2D eigenvalue weighted by Gasteiger charge is -2.06. The molecule has 0 unspecified atom stereocenters. The summed E-state index contributed by atoms with van der Waals surface area (Å²) in [4.78, 5) is 3.45. The maximum absolute atomic E-state index is 5.91. The molecule has 0 aliphatic heterocycles. The Balaban J connectivity index is 1.56. The van der Waals surface area contributed by atoms with Gasteiger partial charge in [-0.15, -0.1) is 0 Å². The van der Waals surface area contributed by atoms with Gasteiger partial charge in [0.15, 0.2) is 0 Å². The number of aromatic nitrogens is 1. The minimum absolute atomic E-state index is 0.572. The van der Waals surface area contributed by atoms with Gasteiger partial charge in [0.25, 0.3) is 0 Å². The lowest BCUT2D eigenvalue weighted by Crippen LogP contribution is -1.94. The second-order valence-electron chi connectivity index (χ2n) is 5.93. The van der Waals surface area contributed by atoms with Gasteiger partial charge in [-0.25, -0.2) is 0 Å². The fourth-order valence-corrected chi connectivity index (χ4v) is 2.87. The molecule has 1 heterocycles. The third kappa shape index (κ3) is 3.36. The molecule has 0 saturated carbocycles. The standard InChI is InChI=1S/C22H19NO2/c1-24-19-9-7-17(8-10-19)22-14-18-13-20(11-12-21(18)23-22)25-15-16-5-3-2-4-6-16/h2-14,23H,15H2,1H3. The van der Waals surface area contributed by atoms with Crippen LogP contribution in [0.3, 0.4) is 0 Å². The van der Waals surface area contributed by atoms with Gasteiger partial charge in [0, 0.05) is 16.6 Å². The monoisotopic (exact) mass is 329 g/mol. The van der Waals surface area contributed by atoms with Crippen LogP contribution in [-0.4, -0.2) is 12.1 Å². The van der Waals surface area contributed by atoms with E-state index in [4.69, 9.17) is 9.47 Å². The average molecular weight is 329 g/mol. The number of hydrogen-bond donors (Lipinski definition) is 1. The van der Waals surface area contributed by atoms with E-state index < -0.39 is 0 Å². The van der Waals surface area contributed by atoms with Crippen molar-refractivity contribution in [1.82, 2.24) is 4.98 Å². The zero-order valence-electron chi connectivity index (χ0n) is 14.0. The number of methoxy groups -OCH3 is 1. The predicted molar refractivity (Wildman–Crippen MR) is 101 cm³/mol. The maximum atomic E-state index is 5.91. The van der Waals surface area contributed by atoms with Crippen molar-refractivity contribution in [3.05, 3.63) is 84.4 Å². The van der Waals surface area contributed by atoms with Gasteiger partial charge in [0.1, 0.15) is 18.1 Å². The van der Waals surface area contributed by atoms with Crippen LogP contribution < -0.4 is 9.47 Å². The number of hydrogen-bond acceptors (Lipinski definition) is 2. The zero-order valence-corrected chi connectivity index (χ0v) is 14.0. The first-order valence-electron chi connectivity index (χ1n) is 8.26. The molecule has 1 N–H and O–H groups in total. The van der Waals surface area contributed by atoms with Gasteiger partial charge in [0.2, 0.25) is 0 Å². The van der Waals surface area contributed by atoms with Crippen molar-refractivity contribution in [3.63, 3.8) is 0 Å². The maximum Gasteiger partial charge on any atom is 0.120 e. The smallest absolute Gasteiger partial charge is 0.120 e. The number of nitrogens with one attached hydrogen (secondary N) is 1. The number of rotatable bonds is 5. The highest BCUT2D eigenvalue weighted by Crippen LogP contribution is 2.28. The van der Waals surface area contributed by atoms with Crippen LogP contribution in [0.25, 0.3) is 22.2 Å². The number of fused-ring (bicyclic) bond motifs is 1. The summed E-state index contributed by atoms with van der Waals surface area (Å²) in [6.45, 7) is 0.572. The molecule has 0 aliphatic carbocycles. The van der Waals surface area contributed by atoms with Crippen LogP contribution in [-0.2, 0) is 6.61 Å². The summed E-state index contributed by atoms with van der Waals surface area (Å²) in [5, 5.41) is 1.14. The molecule has 3 aromatic carbocycles. The zero-order chi connectivity index (χ0) is 17.1. The van der Waals surface area contributed by atoms with Gasteiger partial charge in [-0.3, -0.25) is 0 Å². The van der Waals surface area contributed by atoms with E-state index in [0.29, 0.717) is 6.61 Å². The Labute approximate surface area is 146 Å². The largest absolute Gasteiger partial charge is 0.497 e. The van der Waals surface area contributed by atoms with Gasteiger partial charge >= 0.3 is 0 Å². The summed E-state index contributed by atoms with van der Waals surface area (Å²) in [6, 6.07) is 26.5. The van der Waals surface area contributed by atoms with E-state index in [2.05, 4.69) is 47.4 Å². The topological polar surface area (TPSA) is 34.2 Å². The first-order chi connectivity index (χ1) is 12.3. The number of benzene rings is 3. The average Bonchev–Trinajstić information content (AvgIpc) is 3.10.